The number of thioether (sulfide) groups is 1. The molecule has 4 rings (SSSR count). The lowest BCUT2D eigenvalue weighted by Crippen LogP contribution is -2.05. The molecule has 0 saturated heterocycles. The van der Waals surface area contributed by atoms with Crippen LogP contribution in [0.25, 0.3) is 17.3 Å². The van der Waals surface area contributed by atoms with Crippen molar-refractivity contribution in [3.05, 3.63) is 65.2 Å². The van der Waals surface area contributed by atoms with Crippen LogP contribution in [0.15, 0.2) is 56.6 Å². The van der Waals surface area contributed by atoms with Crippen LogP contribution >= 0.6 is 11.8 Å². The van der Waals surface area contributed by atoms with Gasteiger partial charge in [0.05, 0.1) is 5.75 Å². The van der Waals surface area contributed by atoms with E-state index in [-0.39, 0.29) is 11.5 Å². The first-order chi connectivity index (χ1) is 13.5. The topological polar surface area (TPSA) is 87.0 Å². The van der Waals surface area contributed by atoms with Gasteiger partial charge >= 0.3 is 0 Å². The summed E-state index contributed by atoms with van der Waals surface area (Å²) in [6, 6.07) is 13.2. The Bertz CT molecular complexity index is 1130. The van der Waals surface area contributed by atoms with Crippen molar-refractivity contribution in [1.82, 2.24) is 19.9 Å². The van der Waals surface area contributed by atoms with Crippen LogP contribution in [0.5, 0.6) is 0 Å². The summed E-state index contributed by atoms with van der Waals surface area (Å²) in [5.74, 6) is 2.03. The van der Waals surface area contributed by atoms with Gasteiger partial charge in [0.1, 0.15) is 5.76 Å². The van der Waals surface area contributed by atoms with E-state index in [0.29, 0.717) is 22.5 Å². The van der Waals surface area contributed by atoms with Crippen LogP contribution in [0.4, 0.5) is 0 Å². The molecule has 0 amide bonds. The van der Waals surface area contributed by atoms with E-state index < -0.39 is 0 Å². The largest absolute Gasteiger partial charge is 0.411 e. The average molecular weight is 394 g/mol. The maximum absolute atomic E-state index is 12.7. The molecule has 0 fully saturated rings. The number of benzene rings is 1. The number of aryl methyl sites for hydroxylation is 2. The zero-order valence-corrected chi connectivity index (χ0v) is 16.5. The lowest BCUT2D eigenvalue weighted by molar-refractivity contribution is 0.102. The summed E-state index contributed by atoms with van der Waals surface area (Å²) in [5.41, 5.74) is 3.24. The van der Waals surface area contributed by atoms with Gasteiger partial charge in [-0.15, -0.1) is 10.2 Å². The summed E-state index contributed by atoms with van der Waals surface area (Å²) in [6.45, 7) is 5.67. The molecule has 4 aromatic rings. The van der Waals surface area contributed by atoms with Gasteiger partial charge in [-0.05, 0) is 39.0 Å². The zero-order chi connectivity index (χ0) is 19.7. The molecule has 0 aliphatic rings. The van der Waals surface area contributed by atoms with Gasteiger partial charge in [-0.1, -0.05) is 35.1 Å². The van der Waals surface area contributed by atoms with Gasteiger partial charge in [0.2, 0.25) is 5.89 Å². The van der Waals surface area contributed by atoms with Gasteiger partial charge in [-0.25, -0.2) is 0 Å². The molecule has 7 nitrogen and oxygen atoms in total. The highest BCUT2D eigenvalue weighted by Crippen LogP contribution is 2.26. The number of hydrogen-bond acceptors (Lipinski definition) is 7. The molecule has 0 radical (unpaired) electrons. The van der Waals surface area contributed by atoms with Crippen molar-refractivity contribution in [2.75, 3.05) is 5.75 Å². The van der Waals surface area contributed by atoms with Crippen LogP contribution in [0.2, 0.25) is 0 Å². The zero-order valence-electron chi connectivity index (χ0n) is 15.7. The molecule has 0 aliphatic heterocycles. The van der Waals surface area contributed by atoms with Crippen LogP contribution < -0.4 is 0 Å². The second kappa shape index (κ2) is 7.47. The Balaban J connectivity index is 1.48. The molecular formula is C20H18N4O3S. The number of hydrogen-bond donors (Lipinski definition) is 0. The van der Waals surface area contributed by atoms with Crippen molar-refractivity contribution in [3.63, 3.8) is 0 Å². The lowest BCUT2D eigenvalue weighted by Gasteiger charge is -2.04. The van der Waals surface area contributed by atoms with E-state index >= 15 is 0 Å². The number of carbonyl (C=O) groups excluding carboxylic acids is 1. The van der Waals surface area contributed by atoms with Gasteiger partial charge in [-0.3, -0.25) is 9.36 Å². The Labute approximate surface area is 165 Å². The third kappa shape index (κ3) is 3.50. The molecule has 8 heteroatoms. The highest BCUT2D eigenvalue weighted by Gasteiger charge is 2.19. The Morgan fingerprint density at radius 2 is 1.89 bits per heavy atom. The maximum Gasteiger partial charge on any atom is 0.277 e. The van der Waals surface area contributed by atoms with Crippen LogP contribution in [-0.4, -0.2) is 31.5 Å². The van der Waals surface area contributed by atoms with E-state index in [9.17, 15) is 4.79 Å². The quantitative estimate of drug-likeness (QED) is 0.353. The van der Waals surface area contributed by atoms with Crippen LogP contribution in [0.1, 0.15) is 27.5 Å². The fraction of sp³-hybridized carbons (Fsp3) is 0.200. The van der Waals surface area contributed by atoms with Gasteiger partial charge < -0.3 is 8.94 Å². The molecule has 0 atom stereocenters. The van der Waals surface area contributed by atoms with Crippen LogP contribution in [0, 0.1) is 20.8 Å². The van der Waals surface area contributed by atoms with Crippen molar-refractivity contribution in [1.29, 1.82) is 0 Å². The summed E-state index contributed by atoms with van der Waals surface area (Å²) in [4.78, 5) is 12.7. The first-order valence-electron chi connectivity index (χ1n) is 8.70. The molecule has 1 aromatic carbocycles. The van der Waals surface area contributed by atoms with Crippen molar-refractivity contribution in [2.24, 2.45) is 0 Å². The van der Waals surface area contributed by atoms with E-state index in [1.807, 2.05) is 67.8 Å². The molecule has 0 N–H and O–H groups in total. The number of ketones is 1. The van der Waals surface area contributed by atoms with E-state index in [0.717, 1.165) is 22.7 Å². The van der Waals surface area contributed by atoms with Gasteiger partial charge in [0, 0.05) is 28.6 Å². The fourth-order valence-corrected chi connectivity index (χ4v) is 3.67. The number of carbonyl (C=O) groups is 1. The van der Waals surface area contributed by atoms with Crippen molar-refractivity contribution in [3.8, 4) is 17.3 Å². The fourth-order valence-electron chi connectivity index (χ4n) is 3.03. The second-order valence-electron chi connectivity index (χ2n) is 6.37. The minimum atomic E-state index is -0.0102. The Hall–Kier alpha value is -3.13. The van der Waals surface area contributed by atoms with E-state index in [1.165, 1.54) is 11.8 Å². The summed E-state index contributed by atoms with van der Waals surface area (Å²) in [7, 11) is 0. The van der Waals surface area contributed by atoms with Gasteiger partial charge in [0.15, 0.2) is 11.6 Å². The van der Waals surface area contributed by atoms with Crippen LogP contribution in [-0.2, 0) is 0 Å². The molecule has 0 aliphatic carbocycles. The lowest BCUT2D eigenvalue weighted by atomic mass is 10.2. The minimum Gasteiger partial charge on any atom is -0.411 e. The van der Waals surface area contributed by atoms with Gasteiger partial charge in [-0.2, -0.15) is 0 Å². The van der Waals surface area contributed by atoms with Crippen LogP contribution in [0.3, 0.4) is 0 Å². The molecule has 0 unspecified atom stereocenters. The average Bonchev–Trinajstić information content (AvgIpc) is 3.40. The Morgan fingerprint density at radius 3 is 2.61 bits per heavy atom. The Morgan fingerprint density at radius 1 is 1.11 bits per heavy atom. The third-order valence-corrected chi connectivity index (χ3v) is 5.15. The van der Waals surface area contributed by atoms with Crippen molar-refractivity contribution < 1.29 is 13.7 Å². The normalized spacial score (nSPS) is 11.1. The first kappa shape index (κ1) is 18.2. The molecular weight excluding hydrogens is 376 g/mol. The SMILES string of the molecule is Cc1cc(-n2c(C)cc(C(=O)CSc3nnc(-c4ccccc4)o3)c2C)no1. The van der Waals surface area contributed by atoms with E-state index in [4.69, 9.17) is 8.94 Å². The summed E-state index contributed by atoms with van der Waals surface area (Å²) in [5, 5.41) is 12.5. The van der Waals surface area contributed by atoms with E-state index in [1.54, 1.807) is 0 Å². The molecule has 142 valence electrons. The van der Waals surface area contributed by atoms with Crippen molar-refractivity contribution >= 4 is 17.5 Å². The van der Waals surface area contributed by atoms with Crippen molar-refractivity contribution in [2.45, 2.75) is 26.0 Å². The maximum atomic E-state index is 12.7. The molecule has 0 spiro atoms. The molecule has 28 heavy (non-hydrogen) atoms. The highest BCUT2D eigenvalue weighted by atomic mass is 32.2. The predicted molar refractivity (Wildman–Crippen MR) is 105 cm³/mol. The van der Waals surface area contributed by atoms with E-state index in [2.05, 4.69) is 15.4 Å². The minimum absolute atomic E-state index is 0.0102. The summed E-state index contributed by atoms with van der Waals surface area (Å²) < 4.78 is 12.7. The summed E-state index contributed by atoms with van der Waals surface area (Å²) >= 11 is 1.23. The monoisotopic (exact) mass is 394 g/mol. The molecule has 0 bridgehead atoms. The number of rotatable bonds is 6. The summed E-state index contributed by atoms with van der Waals surface area (Å²) in [6.07, 6.45) is 0. The molecule has 0 saturated carbocycles. The highest BCUT2D eigenvalue weighted by molar-refractivity contribution is 7.99. The second-order valence-corrected chi connectivity index (χ2v) is 7.29. The number of aromatic nitrogens is 4. The number of Topliss-reactive ketones (excluding diaryl/α,β-unsaturated/α-hetero) is 1. The first-order valence-corrected chi connectivity index (χ1v) is 9.69. The third-order valence-electron chi connectivity index (χ3n) is 4.33. The smallest absolute Gasteiger partial charge is 0.277 e. The Kier molecular flexibility index (Phi) is 4.87. The molecule has 3 heterocycles. The standard InChI is InChI=1S/C20H18N4O3S/c1-12-9-16(14(3)24(12)18-10-13(2)27-23-18)17(25)11-28-20-22-21-19(26-20)15-7-5-4-6-8-15/h4-10H,11H2,1-3H3. The molecule has 3 aromatic heterocycles. The number of nitrogens with zero attached hydrogens (tertiary/aromatic N) is 4. The van der Waals surface area contributed by atoms with Gasteiger partial charge in [0.25, 0.3) is 5.22 Å². The predicted octanol–water partition coefficient (Wildman–Crippen LogP) is 4.42.